The number of nitrogens with zero attached hydrogens (tertiary/aromatic N) is 4. The van der Waals surface area contributed by atoms with Crippen molar-refractivity contribution in [3.63, 3.8) is 0 Å². The maximum absolute atomic E-state index is 8.84. The Kier molecular flexibility index (Phi) is 2.65. The molecule has 3 heterocycles. The highest BCUT2D eigenvalue weighted by atomic mass is 15.3. The third-order valence-electron chi connectivity index (χ3n) is 3.64. The maximum atomic E-state index is 8.84. The van der Waals surface area contributed by atoms with E-state index in [0.29, 0.717) is 23.6 Å². The Labute approximate surface area is 100 Å². The van der Waals surface area contributed by atoms with Crippen LogP contribution in [0.2, 0.25) is 0 Å². The minimum absolute atomic E-state index is 0.442. The maximum Gasteiger partial charge on any atom is 0.226 e. The molecule has 0 spiro atoms. The van der Waals surface area contributed by atoms with Gasteiger partial charge in [-0.1, -0.05) is 0 Å². The fourth-order valence-electron chi connectivity index (χ4n) is 2.77. The van der Waals surface area contributed by atoms with Crippen LogP contribution in [-0.2, 0) is 0 Å². The highest BCUT2D eigenvalue weighted by molar-refractivity contribution is 5.36. The van der Waals surface area contributed by atoms with Crippen molar-refractivity contribution in [2.24, 2.45) is 5.92 Å². The molecule has 1 aromatic rings. The van der Waals surface area contributed by atoms with Gasteiger partial charge in [0.05, 0.1) is 0 Å². The monoisotopic (exact) mass is 229 g/mol. The smallest absolute Gasteiger partial charge is 0.226 e. The van der Waals surface area contributed by atoms with E-state index in [1.807, 2.05) is 0 Å². The lowest BCUT2D eigenvalue weighted by atomic mass is 9.94. The number of fused-ring (bicyclic) bond motifs is 1. The van der Waals surface area contributed by atoms with Gasteiger partial charge in [0.2, 0.25) is 5.95 Å². The van der Waals surface area contributed by atoms with Crippen molar-refractivity contribution in [3.8, 4) is 6.07 Å². The number of nitriles is 1. The van der Waals surface area contributed by atoms with E-state index < -0.39 is 0 Å². The summed E-state index contributed by atoms with van der Waals surface area (Å²) in [6.07, 6.45) is 4.20. The summed E-state index contributed by atoms with van der Waals surface area (Å²) in [7, 11) is 0. The molecule has 1 N–H and O–H groups in total. The van der Waals surface area contributed by atoms with Crippen LogP contribution in [0.3, 0.4) is 0 Å². The highest BCUT2D eigenvalue weighted by Crippen LogP contribution is 2.27. The van der Waals surface area contributed by atoms with Crippen LogP contribution in [0.25, 0.3) is 0 Å². The Morgan fingerprint density at radius 3 is 3.24 bits per heavy atom. The van der Waals surface area contributed by atoms with Crippen molar-refractivity contribution in [2.45, 2.75) is 18.9 Å². The lowest BCUT2D eigenvalue weighted by molar-refractivity contribution is 0.340. The van der Waals surface area contributed by atoms with E-state index in [2.05, 4.69) is 26.3 Å². The largest absolute Gasteiger partial charge is 0.339 e. The molecule has 2 fully saturated rings. The lowest BCUT2D eigenvalue weighted by Gasteiger charge is -2.24. The molecule has 0 aliphatic carbocycles. The first-order chi connectivity index (χ1) is 8.36. The molecular formula is C12H15N5. The van der Waals surface area contributed by atoms with Gasteiger partial charge in [-0.25, -0.2) is 9.97 Å². The summed E-state index contributed by atoms with van der Waals surface area (Å²) in [5.41, 5.74) is 0.442. The van der Waals surface area contributed by atoms with Gasteiger partial charge in [-0.3, -0.25) is 0 Å². The van der Waals surface area contributed by atoms with Crippen LogP contribution in [0.5, 0.6) is 0 Å². The molecule has 5 nitrogen and oxygen atoms in total. The van der Waals surface area contributed by atoms with Crippen LogP contribution < -0.4 is 10.2 Å². The van der Waals surface area contributed by atoms with Crippen molar-refractivity contribution in [3.05, 3.63) is 18.0 Å². The summed E-state index contributed by atoms with van der Waals surface area (Å²) in [6.45, 7) is 3.08. The highest BCUT2D eigenvalue weighted by Gasteiger charge is 2.35. The quantitative estimate of drug-likeness (QED) is 0.761. The van der Waals surface area contributed by atoms with Crippen molar-refractivity contribution in [2.75, 3.05) is 24.5 Å². The first-order valence-corrected chi connectivity index (χ1v) is 6.08. The van der Waals surface area contributed by atoms with Crippen LogP contribution in [0.15, 0.2) is 12.3 Å². The summed E-state index contributed by atoms with van der Waals surface area (Å²) in [5, 5.41) is 12.4. The van der Waals surface area contributed by atoms with Crippen molar-refractivity contribution >= 4 is 5.95 Å². The normalized spacial score (nSPS) is 27.6. The van der Waals surface area contributed by atoms with Crippen molar-refractivity contribution < 1.29 is 0 Å². The average molecular weight is 229 g/mol. The molecule has 0 radical (unpaired) electrons. The molecule has 0 aromatic carbocycles. The van der Waals surface area contributed by atoms with Gasteiger partial charge in [-0.05, 0) is 31.4 Å². The van der Waals surface area contributed by atoms with Crippen molar-refractivity contribution in [1.82, 2.24) is 15.3 Å². The Balaban J connectivity index is 1.79. The molecule has 5 heteroatoms. The summed E-state index contributed by atoms with van der Waals surface area (Å²) in [6, 6.07) is 4.27. The predicted octanol–water partition coefficient (Wildman–Crippen LogP) is 0.536. The Bertz CT molecular complexity index is 438. The molecule has 2 unspecified atom stereocenters. The van der Waals surface area contributed by atoms with Gasteiger partial charge in [0.25, 0.3) is 0 Å². The lowest BCUT2D eigenvalue weighted by Crippen LogP contribution is -2.40. The molecule has 0 amide bonds. The Morgan fingerprint density at radius 1 is 1.47 bits per heavy atom. The van der Waals surface area contributed by atoms with E-state index in [1.54, 1.807) is 12.3 Å². The number of rotatable bonds is 1. The summed E-state index contributed by atoms with van der Waals surface area (Å²) < 4.78 is 0. The van der Waals surface area contributed by atoms with E-state index in [9.17, 15) is 0 Å². The average Bonchev–Trinajstić information content (AvgIpc) is 2.82. The molecule has 2 aliphatic rings. The van der Waals surface area contributed by atoms with Crippen LogP contribution >= 0.6 is 0 Å². The zero-order valence-corrected chi connectivity index (χ0v) is 9.63. The predicted molar refractivity (Wildman–Crippen MR) is 63.5 cm³/mol. The van der Waals surface area contributed by atoms with Gasteiger partial charge in [0.15, 0.2) is 0 Å². The van der Waals surface area contributed by atoms with Gasteiger partial charge >= 0.3 is 0 Å². The number of aromatic nitrogens is 2. The summed E-state index contributed by atoms with van der Waals surface area (Å²) in [4.78, 5) is 10.7. The minimum Gasteiger partial charge on any atom is -0.339 e. The molecule has 0 bridgehead atoms. The summed E-state index contributed by atoms with van der Waals surface area (Å²) >= 11 is 0. The second-order valence-electron chi connectivity index (χ2n) is 4.72. The number of nitrogens with one attached hydrogen (secondary N) is 1. The second-order valence-corrected chi connectivity index (χ2v) is 4.72. The number of piperidine rings is 1. The topological polar surface area (TPSA) is 64.8 Å². The van der Waals surface area contributed by atoms with Gasteiger partial charge in [-0.15, -0.1) is 0 Å². The molecule has 1 aromatic heterocycles. The number of anilines is 1. The zero-order chi connectivity index (χ0) is 11.7. The van der Waals surface area contributed by atoms with Gasteiger partial charge < -0.3 is 10.2 Å². The molecule has 0 saturated carbocycles. The van der Waals surface area contributed by atoms with E-state index in [-0.39, 0.29) is 0 Å². The molecule has 2 atom stereocenters. The first kappa shape index (κ1) is 10.5. The van der Waals surface area contributed by atoms with Crippen LogP contribution in [-0.4, -0.2) is 35.6 Å². The third kappa shape index (κ3) is 1.96. The van der Waals surface area contributed by atoms with Crippen LogP contribution in [0, 0.1) is 17.2 Å². The SMILES string of the molecule is N#Cc1ccnc(N2CC3CCCNC3C2)n1. The molecule has 2 saturated heterocycles. The third-order valence-corrected chi connectivity index (χ3v) is 3.64. The van der Waals surface area contributed by atoms with Crippen LogP contribution in [0.4, 0.5) is 5.95 Å². The van der Waals surface area contributed by atoms with E-state index in [1.165, 1.54) is 12.8 Å². The van der Waals surface area contributed by atoms with Crippen molar-refractivity contribution in [1.29, 1.82) is 5.26 Å². The molecule has 3 rings (SSSR count). The Hall–Kier alpha value is -1.67. The first-order valence-electron chi connectivity index (χ1n) is 6.08. The van der Waals surface area contributed by atoms with E-state index in [0.717, 1.165) is 19.6 Å². The van der Waals surface area contributed by atoms with Crippen LogP contribution in [0.1, 0.15) is 18.5 Å². The molecule has 17 heavy (non-hydrogen) atoms. The number of hydrogen-bond acceptors (Lipinski definition) is 5. The standard InChI is InChI=1S/C12H15N5/c13-6-10-3-5-15-12(16-10)17-7-9-2-1-4-14-11(9)8-17/h3,5,9,11,14H,1-2,4,7-8H2. The van der Waals surface area contributed by atoms with Gasteiger partial charge in [0.1, 0.15) is 11.8 Å². The number of hydrogen-bond donors (Lipinski definition) is 1. The molecule has 2 aliphatic heterocycles. The van der Waals surface area contributed by atoms with E-state index in [4.69, 9.17) is 5.26 Å². The van der Waals surface area contributed by atoms with Gasteiger partial charge in [0, 0.05) is 25.3 Å². The zero-order valence-electron chi connectivity index (χ0n) is 9.63. The molecule has 88 valence electrons. The Morgan fingerprint density at radius 2 is 2.41 bits per heavy atom. The fraction of sp³-hybridized carbons (Fsp3) is 0.583. The molecular weight excluding hydrogens is 214 g/mol. The summed E-state index contributed by atoms with van der Waals surface area (Å²) in [5.74, 6) is 1.40. The second kappa shape index (κ2) is 4.30. The fourth-order valence-corrected chi connectivity index (χ4v) is 2.77. The van der Waals surface area contributed by atoms with Gasteiger partial charge in [-0.2, -0.15) is 5.26 Å². The minimum atomic E-state index is 0.442. The van der Waals surface area contributed by atoms with E-state index >= 15 is 0 Å².